The molecule has 3 aromatic rings. The van der Waals surface area contributed by atoms with E-state index in [0.29, 0.717) is 34.4 Å². The van der Waals surface area contributed by atoms with Gasteiger partial charge in [0.05, 0.1) is 5.56 Å². The number of anilines is 2. The Morgan fingerprint density at radius 2 is 1.74 bits per heavy atom. The topological polar surface area (TPSA) is 102 Å². The van der Waals surface area contributed by atoms with Crippen molar-refractivity contribution in [3.05, 3.63) is 82.5 Å². The lowest BCUT2D eigenvalue weighted by Crippen LogP contribution is -2.40. The van der Waals surface area contributed by atoms with Crippen molar-refractivity contribution in [1.82, 2.24) is 10.3 Å². The number of carbonyl (C=O) groups excluding carboxylic acids is 2. The zero-order valence-corrected chi connectivity index (χ0v) is 23.3. The van der Waals surface area contributed by atoms with Crippen molar-refractivity contribution in [3.8, 4) is 5.75 Å². The number of nitrogens with one attached hydrogen (secondary N) is 3. The quantitative estimate of drug-likeness (QED) is 0.254. The van der Waals surface area contributed by atoms with Gasteiger partial charge in [-0.05, 0) is 81.6 Å². The molecule has 2 aromatic carbocycles. The van der Waals surface area contributed by atoms with Gasteiger partial charge in [-0.1, -0.05) is 37.6 Å². The van der Waals surface area contributed by atoms with Crippen LogP contribution in [-0.4, -0.2) is 28.8 Å². The molecule has 1 unspecified atom stereocenters. The summed E-state index contributed by atoms with van der Waals surface area (Å²) in [6, 6.07) is 16.3. The fourth-order valence-corrected chi connectivity index (χ4v) is 3.65. The van der Waals surface area contributed by atoms with Gasteiger partial charge in [0.25, 0.3) is 5.91 Å². The molecule has 0 spiro atoms. The first-order chi connectivity index (χ1) is 17.9. The van der Waals surface area contributed by atoms with Crippen molar-refractivity contribution in [1.29, 1.82) is 0 Å². The Hall–Kier alpha value is -3.78. The Morgan fingerprint density at radius 1 is 1.03 bits per heavy atom. The summed E-state index contributed by atoms with van der Waals surface area (Å²) in [7, 11) is 0. The summed E-state index contributed by atoms with van der Waals surface area (Å²) in [6.45, 7) is 11.7. The largest absolute Gasteiger partial charge is 0.470 e. The molecule has 0 aliphatic carbocycles. The molecule has 0 aliphatic heterocycles. The summed E-state index contributed by atoms with van der Waals surface area (Å²) in [6.07, 6.45) is 0.420. The van der Waals surface area contributed by atoms with E-state index in [2.05, 4.69) is 34.8 Å². The average Bonchev–Trinajstić information content (AvgIpc) is 2.83. The number of alkyl carbamates (subject to hydrolysis) is 1. The number of carbonyl (C=O) groups is 2. The van der Waals surface area contributed by atoms with Crippen LogP contribution in [0.4, 0.5) is 16.3 Å². The molecule has 1 heterocycles. The Bertz CT molecular complexity index is 1260. The lowest BCUT2D eigenvalue weighted by atomic mass is 10.0. The minimum absolute atomic E-state index is 0.285. The van der Waals surface area contributed by atoms with Gasteiger partial charge in [0.2, 0.25) is 0 Å². The van der Waals surface area contributed by atoms with Crippen LogP contribution in [0.25, 0.3) is 0 Å². The first-order valence-corrected chi connectivity index (χ1v) is 12.8. The number of halogens is 1. The van der Waals surface area contributed by atoms with Gasteiger partial charge in [-0.15, -0.1) is 0 Å². The third-order valence-electron chi connectivity index (χ3n) is 5.38. The van der Waals surface area contributed by atoms with Crippen LogP contribution in [0.15, 0.2) is 60.8 Å². The first kappa shape index (κ1) is 28.8. The Balaban J connectivity index is 1.75. The van der Waals surface area contributed by atoms with E-state index in [9.17, 15) is 9.59 Å². The van der Waals surface area contributed by atoms with E-state index < -0.39 is 17.9 Å². The van der Waals surface area contributed by atoms with Gasteiger partial charge < -0.3 is 20.1 Å². The van der Waals surface area contributed by atoms with Gasteiger partial charge in [0, 0.05) is 29.0 Å². The van der Waals surface area contributed by atoms with Gasteiger partial charge in [0.15, 0.2) is 6.23 Å². The molecule has 8 nitrogen and oxygen atoms in total. The molecule has 3 rings (SSSR count). The molecular weight excluding hydrogens is 504 g/mol. The molecule has 3 N–H and O–H groups in total. The van der Waals surface area contributed by atoms with Crippen LogP contribution in [0.5, 0.6) is 5.75 Å². The van der Waals surface area contributed by atoms with Crippen molar-refractivity contribution in [3.63, 3.8) is 0 Å². The SMILES string of the molecule is CC(NC(=O)OC(C)(C)C)Oc1cc(C(C)C)ccc1CNc1ncccc1C(=O)Nc1ccc(Cl)cc1. The highest BCUT2D eigenvalue weighted by Gasteiger charge is 2.20. The molecule has 0 radical (unpaired) electrons. The normalized spacial score (nSPS) is 12.0. The highest BCUT2D eigenvalue weighted by Crippen LogP contribution is 2.27. The van der Waals surface area contributed by atoms with Crippen LogP contribution < -0.4 is 20.7 Å². The van der Waals surface area contributed by atoms with E-state index >= 15 is 0 Å². The predicted octanol–water partition coefficient (Wildman–Crippen LogP) is 6.97. The third kappa shape index (κ3) is 8.66. The second-order valence-corrected chi connectivity index (χ2v) is 10.6. The summed E-state index contributed by atoms with van der Waals surface area (Å²) in [5, 5.41) is 9.41. The summed E-state index contributed by atoms with van der Waals surface area (Å²) in [5.74, 6) is 1.02. The highest BCUT2D eigenvalue weighted by atomic mass is 35.5. The van der Waals surface area contributed by atoms with Gasteiger partial charge >= 0.3 is 6.09 Å². The van der Waals surface area contributed by atoms with Crippen molar-refractivity contribution in [2.24, 2.45) is 0 Å². The Kier molecular flexibility index (Phi) is 9.58. The molecule has 2 amide bonds. The van der Waals surface area contributed by atoms with E-state index in [1.165, 1.54) is 0 Å². The number of hydrogen-bond acceptors (Lipinski definition) is 6. The maximum atomic E-state index is 13.0. The standard InChI is InChI=1S/C29H35ClN4O4/c1-18(2)20-9-10-21(25(16-20)37-19(3)33-28(36)38-29(4,5)6)17-32-26-24(8-7-15-31-26)27(35)34-23-13-11-22(30)12-14-23/h7-16,18-19H,17H2,1-6H3,(H,31,32)(H,33,36)(H,34,35). The minimum atomic E-state index is -0.637. The smallest absolute Gasteiger partial charge is 0.410 e. The van der Waals surface area contributed by atoms with Crippen molar-refractivity contribution in [2.75, 3.05) is 10.6 Å². The second-order valence-electron chi connectivity index (χ2n) is 10.1. The van der Waals surface area contributed by atoms with Crippen molar-refractivity contribution < 1.29 is 19.1 Å². The number of aromatic nitrogens is 1. The van der Waals surface area contributed by atoms with Gasteiger partial charge in [0.1, 0.15) is 17.2 Å². The van der Waals surface area contributed by atoms with Crippen molar-refractivity contribution >= 4 is 35.1 Å². The molecule has 1 aromatic heterocycles. The monoisotopic (exact) mass is 538 g/mol. The number of nitrogens with zero attached hydrogens (tertiary/aromatic N) is 1. The zero-order valence-electron chi connectivity index (χ0n) is 22.6. The van der Waals surface area contributed by atoms with Crippen LogP contribution in [0.1, 0.15) is 68.9 Å². The van der Waals surface area contributed by atoms with Crippen LogP contribution >= 0.6 is 11.6 Å². The number of rotatable bonds is 9. The summed E-state index contributed by atoms with van der Waals surface area (Å²) in [5.41, 5.74) is 2.33. The fourth-order valence-electron chi connectivity index (χ4n) is 3.52. The van der Waals surface area contributed by atoms with Crippen molar-refractivity contribution in [2.45, 2.75) is 65.8 Å². The second kappa shape index (κ2) is 12.6. The zero-order chi connectivity index (χ0) is 27.9. The molecule has 0 bridgehead atoms. The van der Waals surface area contributed by atoms with E-state index in [1.54, 1.807) is 70.3 Å². The Morgan fingerprint density at radius 3 is 2.39 bits per heavy atom. The molecule has 38 heavy (non-hydrogen) atoms. The van der Waals surface area contributed by atoms with Crippen LogP contribution in [0.3, 0.4) is 0 Å². The van der Waals surface area contributed by atoms with E-state index in [4.69, 9.17) is 21.1 Å². The maximum absolute atomic E-state index is 13.0. The summed E-state index contributed by atoms with van der Waals surface area (Å²) >= 11 is 5.94. The average molecular weight is 539 g/mol. The molecule has 0 aliphatic rings. The predicted molar refractivity (Wildman–Crippen MR) is 151 cm³/mol. The molecular formula is C29H35ClN4O4. The number of benzene rings is 2. The minimum Gasteiger partial charge on any atom is -0.470 e. The highest BCUT2D eigenvalue weighted by molar-refractivity contribution is 6.30. The lowest BCUT2D eigenvalue weighted by molar-refractivity contribution is 0.0413. The van der Waals surface area contributed by atoms with E-state index in [0.717, 1.165) is 11.1 Å². The van der Waals surface area contributed by atoms with Crippen LogP contribution in [0.2, 0.25) is 5.02 Å². The first-order valence-electron chi connectivity index (χ1n) is 12.5. The van der Waals surface area contributed by atoms with Gasteiger partial charge in [-0.25, -0.2) is 9.78 Å². The number of ether oxygens (including phenoxy) is 2. The maximum Gasteiger partial charge on any atom is 0.410 e. The molecule has 1 atom stereocenters. The lowest BCUT2D eigenvalue weighted by Gasteiger charge is -2.23. The van der Waals surface area contributed by atoms with Gasteiger partial charge in [-0.2, -0.15) is 0 Å². The number of hydrogen-bond donors (Lipinski definition) is 3. The summed E-state index contributed by atoms with van der Waals surface area (Å²) < 4.78 is 11.4. The molecule has 0 saturated carbocycles. The van der Waals surface area contributed by atoms with Gasteiger partial charge in [-0.3, -0.25) is 10.1 Å². The summed E-state index contributed by atoms with van der Waals surface area (Å²) in [4.78, 5) is 29.5. The molecule has 0 fully saturated rings. The number of pyridine rings is 1. The van der Waals surface area contributed by atoms with E-state index in [-0.39, 0.29) is 11.8 Å². The molecule has 0 saturated heterocycles. The van der Waals surface area contributed by atoms with E-state index in [1.807, 2.05) is 18.2 Å². The third-order valence-corrected chi connectivity index (χ3v) is 5.63. The molecule has 9 heteroatoms. The Labute approximate surface area is 229 Å². The van der Waals surface area contributed by atoms with Crippen LogP contribution in [-0.2, 0) is 11.3 Å². The molecule has 202 valence electrons. The fraction of sp³-hybridized carbons (Fsp3) is 0.345. The van der Waals surface area contributed by atoms with Crippen LogP contribution in [0, 0.1) is 0 Å². The number of amides is 2.